The number of carbonyl (C=O) groups excluding carboxylic acids is 1. The van der Waals surface area contributed by atoms with Gasteiger partial charge in [0, 0.05) is 31.6 Å². The molecule has 6 heteroatoms. The fraction of sp³-hybridized carbons (Fsp3) is 0.615. The number of piperidine rings is 1. The van der Waals surface area contributed by atoms with Crippen LogP contribution in [-0.2, 0) is 17.8 Å². The highest BCUT2D eigenvalue weighted by Gasteiger charge is 2.32. The van der Waals surface area contributed by atoms with Crippen molar-refractivity contribution in [2.45, 2.75) is 39.2 Å². The van der Waals surface area contributed by atoms with E-state index >= 15 is 0 Å². The van der Waals surface area contributed by atoms with Crippen molar-refractivity contribution in [1.29, 1.82) is 0 Å². The number of imidazole rings is 1. The molecule has 0 aliphatic carbocycles. The number of carbonyl (C=O) groups is 2. The van der Waals surface area contributed by atoms with Crippen LogP contribution in [0.25, 0.3) is 0 Å². The minimum atomic E-state index is -1.15. The van der Waals surface area contributed by atoms with E-state index in [1.165, 1.54) is 0 Å². The largest absolute Gasteiger partial charge is 0.465 e. The van der Waals surface area contributed by atoms with E-state index in [1.807, 2.05) is 10.8 Å². The molecule has 104 valence electrons. The average Bonchev–Trinajstić information content (AvgIpc) is 2.79. The quantitative estimate of drug-likeness (QED) is 0.900. The van der Waals surface area contributed by atoms with Gasteiger partial charge in [-0.15, -0.1) is 0 Å². The molecule has 0 spiro atoms. The number of aryl methyl sites for hydroxylation is 1. The Morgan fingerprint density at radius 3 is 3.05 bits per heavy atom. The zero-order chi connectivity index (χ0) is 13.8. The molecule has 1 atom stereocenters. The normalized spacial score (nSPS) is 19.7. The molecule has 0 unspecified atom stereocenters. The summed E-state index contributed by atoms with van der Waals surface area (Å²) in [6, 6.07) is 0. The third-order valence-corrected chi connectivity index (χ3v) is 3.40. The van der Waals surface area contributed by atoms with E-state index in [9.17, 15) is 9.59 Å². The predicted molar refractivity (Wildman–Crippen MR) is 68.7 cm³/mol. The Bertz CT molecular complexity index is 469. The van der Waals surface area contributed by atoms with Crippen LogP contribution in [0.3, 0.4) is 0 Å². The standard InChI is InChI=1S/C13H19N3O3/c1-2-5-15-8-11(14-9-15)7-10-4-3-6-16(12(10)17)13(18)19/h8-10H,2-7H2,1H3,(H,18,19)/t10-/m1/s1. The summed E-state index contributed by atoms with van der Waals surface area (Å²) < 4.78 is 2.00. The number of carboxylic acid groups (broad SMARTS) is 1. The molecule has 1 fully saturated rings. The van der Waals surface area contributed by atoms with Crippen molar-refractivity contribution in [2.24, 2.45) is 5.92 Å². The van der Waals surface area contributed by atoms with Crippen molar-refractivity contribution in [2.75, 3.05) is 6.54 Å². The smallest absolute Gasteiger partial charge is 0.414 e. The lowest BCUT2D eigenvalue weighted by Crippen LogP contribution is -2.44. The Balaban J connectivity index is 2.01. The molecule has 19 heavy (non-hydrogen) atoms. The van der Waals surface area contributed by atoms with Crippen molar-refractivity contribution in [1.82, 2.24) is 14.5 Å². The van der Waals surface area contributed by atoms with Crippen molar-refractivity contribution in [3.8, 4) is 0 Å². The Labute approximate surface area is 112 Å². The fourth-order valence-electron chi connectivity index (χ4n) is 2.47. The summed E-state index contributed by atoms with van der Waals surface area (Å²) in [6.45, 7) is 3.32. The highest BCUT2D eigenvalue weighted by molar-refractivity contribution is 5.93. The lowest BCUT2D eigenvalue weighted by atomic mass is 9.93. The molecule has 2 rings (SSSR count). The first-order valence-corrected chi connectivity index (χ1v) is 6.66. The van der Waals surface area contributed by atoms with Crippen LogP contribution in [0.15, 0.2) is 12.5 Å². The first-order valence-electron chi connectivity index (χ1n) is 6.66. The summed E-state index contributed by atoms with van der Waals surface area (Å²) in [5.74, 6) is -0.543. The Morgan fingerprint density at radius 2 is 2.37 bits per heavy atom. The monoisotopic (exact) mass is 265 g/mol. The molecule has 1 aromatic heterocycles. The maximum atomic E-state index is 12.0. The number of rotatable bonds is 4. The highest BCUT2D eigenvalue weighted by Crippen LogP contribution is 2.21. The van der Waals surface area contributed by atoms with Crippen LogP contribution in [0.1, 0.15) is 31.9 Å². The maximum Gasteiger partial charge on any atom is 0.414 e. The average molecular weight is 265 g/mol. The second kappa shape index (κ2) is 5.86. The Hall–Kier alpha value is -1.85. The van der Waals surface area contributed by atoms with E-state index in [0.29, 0.717) is 13.0 Å². The molecular formula is C13H19N3O3. The summed E-state index contributed by atoms with van der Waals surface area (Å²) in [4.78, 5) is 28.2. The van der Waals surface area contributed by atoms with Crippen LogP contribution in [0, 0.1) is 5.92 Å². The first kappa shape index (κ1) is 13.6. The molecule has 6 nitrogen and oxygen atoms in total. The van der Waals surface area contributed by atoms with E-state index in [1.54, 1.807) is 6.33 Å². The van der Waals surface area contributed by atoms with Gasteiger partial charge in [0.05, 0.1) is 12.0 Å². The molecule has 0 radical (unpaired) electrons. The maximum absolute atomic E-state index is 12.0. The third-order valence-electron chi connectivity index (χ3n) is 3.40. The van der Waals surface area contributed by atoms with E-state index in [-0.39, 0.29) is 11.8 Å². The van der Waals surface area contributed by atoms with Gasteiger partial charge in [-0.2, -0.15) is 0 Å². The highest BCUT2D eigenvalue weighted by atomic mass is 16.4. The van der Waals surface area contributed by atoms with Crippen molar-refractivity contribution >= 4 is 12.0 Å². The molecule has 0 saturated carbocycles. The number of aromatic nitrogens is 2. The summed E-state index contributed by atoms with van der Waals surface area (Å²) in [5.41, 5.74) is 0.860. The van der Waals surface area contributed by atoms with Crippen LogP contribution in [0.2, 0.25) is 0 Å². The molecule has 1 saturated heterocycles. The number of hydrogen-bond donors (Lipinski definition) is 1. The van der Waals surface area contributed by atoms with Crippen molar-refractivity contribution < 1.29 is 14.7 Å². The summed E-state index contributed by atoms with van der Waals surface area (Å²) in [6.07, 6.45) is 5.59. The lowest BCUT2D eigenvalue weighted by Gasteiger charge is -2.28. The van der Waals surface area contributed by atoms with Crippen molar-refractivity contribution in [3.63, 3.8) is 0 Å². The van der Waals surface area contributed by atoms with Crippen molar-refractivity contribution in [3.05, 3.63) is 18.2 Å². The van der Waals surface area contributed by atoms with E-state index < -0.39 is 6.09 Å². The van der Waals surface area contributed by atoms with Crippen LogP contribution < -0.4 is 0 Å². The Morgan fingerprint density at radius 1 is 1.58 bits per heavy atom. The molecule has 0 bridgehead atoms. The van der Waals surface area contributed by atoms with Crippen LogP contribution in [-0.4, -0.2) is 38.1 Å². The molecule has 1 aliphatic heterocycles. The molecule has 1 N–H and O–H groups in total. The molecule has 2 amide bonds. The van der Waals surface area contributed by atoms with Gasteiger partial charge in [0.1, 0.15) is 0 Å². The van der Waals surface area contributed by atoms with Gasteiger partial charge in [-0.1, -0.05) is 6.92 Å². The van der Waals surface area contributed by atoms with Gasteiger partial charge in [-0.3, -0.25) is 4.79 Å². The minimum absolute atomic E-state index is 0.255. The Kier molecular flexibility index (Phi) is 4.19. The number of amides is 2. The van der Waals surface area contributed by atoms with E-state index in [4.69, 9.17) is 5.11 Å². The molecule has 1 aromatic rings. The van der Waals surface area contributed by atoms with Gasteiger partial charge in [0.2, 0.25) is 5.91 Å². The topological polar surface area (TPSA) is 75.4 Å². The van der Waals surface area contributed by atoms with Gasteiger partial charge in [0.15, 0.2) is 0 Å². The molecule has 0 aromatic carbocycles. The van der Waals surface area contributed by atoms with Gasteiger partial charge in [0.25, 0.3) is 0 Å². The second-order valence-electron chi connectivity index (χ2n) is 4.92. The summed E-state index contributed by atoms with van der Waals surface area (Å²) in [7, 11) is 0. The summed E-state index contributed by atoms with van der Waals surface area (Å²) in [5, 5.41) is 8.95. The number of hydrogen-bond acceptors (Lipinski definition) is 3. The van der Waals surface area contributed by atoms with Gasteiger partial charge >= 0.3 is 6.09 Å². The first-order chi connectivity index (χ1) is 9.11. The van der Waals surface area contributed by atoms with E-state index in [0.717, 1.165) is 36.4 Å². The van der Waals surface area contributed by atoms with Crippen LogP contribution >= 0.6 is 0 Å². The van der Waals surface area contributed by atoms with Gasteiger partial charge in [-0.25, -0.2) is 14.7 Å². The lowest BCUT2D eigenvalue weighted by molar-refractivity contribution is -0.135. The van der Waals surface area contributed by atoms with Gasteiger partial charge < -0.3 is 9.67 Å². The molecular weight excluding hydrogens is 246 g/mol. The molecule has 2 heterocycles. The van der Waals surface area contributed by atoms with E-state index in [2.05, 4.69) is 11.9 Å². The van der Waals surface area contributed by atoms with Gasteiger partial charge in [-0.05, 0) is 19.3 Å². The zero-order valence-corrected chi connectivity index (χ0v) is 11.1. The predicted octanol–water partition coefficient (Wildman–Crippen LogP) is 1.75. The second-order valence-corrected chi connectivity index (χ2v) is 4.92. The number of likely N-dealkylation sites (tertiary alicyclic amines) is 1. The number of imide groups is 1. The van der Waals surface area contributed by atoms with Crippen LogP contribution in [0.4, 0.5) is 4.79 Å². The summed E-state index contributed by atoms with van der Waals surface area (Å²) >= 11 is 0. The third kappa shape index (κ3) is 3.13. The van der Waals surface area contributed by atoms with Crippen LogP contribution in [0.5, 0.6) is 0 Å². The fourth-order valence-corrected chi connectivity index (χ4v) is 2.47. The minimum Gasteiger partial charge on any atom is -0.465 e. The zero-order valence-electron chi connectivity index (χ0n) is 11.1. The molecule has 1 aliphatic rings. The number of nitrogens with zero attached hydrogens (tertiary/aromatic N) is 3. The SMILES string of the molecule is CCCn1cnc(C[C@H]2CCCN(C(=O)O)C2=O)c1.